The Morgan fingerprint density at radius 1 is 1.26 bits per heavy atom. The minimum absolute atomic E-state index is 0.0632. The lowest BCUT2D eigenvalue weighted by Crippen LogP contribution is -2.30. The summed E-state index contributed by atoms with van der Waals surface area (Å²) >= 11 is 5.95. The SMILES string of the molecule is CC(c1ccncc1)N(C)C(=O)c1cccnc1Cl. The predicted molar refractivity (Wildman–Crippen MR) is 74.0 cm³/mol. The van der Waals surface area contributed by atoms with Crippen LogP contribution in [0.2, 0.25) is 5.15 Å². The molecule has 0 N–H and O–H groups in total. The molecule has 0 bridgehead atoms. The number of nitrogens with zero attached hydrogens (tertiary/aromatic N) is 3. The van der Waals surface area contributed by atoms with Gasteiger partial charge < -0.3 is 4.90 Å². The molecule has 1 atom stereocenters. The molecule has 1 amide bonds. The second kappa shape index (κ2) is 5.80. The summed E-state index contributed by atoms with van der Waals surface area (Å²) in [6.45, 7) is 1.96. The lowest BCUT2D eigenvalue weighted by atomic mass is 10.1. The Balaban J connectivity index is 2.23. The van der Waals surface area contributed by atoms with Crippen molar-refractivity contribution >= 4 is 17.5 Å². The number of carbonyl (C=O) groups excluding carboxylic acids is 1. The fourth-order valence-electron chi connectivity index (χ4n) is 1.78. The smallest absolute Gasteiger partial charge is 0.257 e. The number of aromatic nitrogens is 2. The van der Waals surface area contributed by atoms with E-state index in [0.29, 0.717) is 5.56 Å². The summed E-state index contributed by atoms with van der Waals surface area (Å²) in [7, 11) is 1.75. The van der Waals surface area contributed by atoms with E-state index in [4.69, 9.17) is 11.6 Å². The van der Waals surface area contributed by atoms with Crippen molar-refractivity contribution in [3.63, 3.8) is 0 Å². The molecule has 0 fully saturated rings. The van der Waals surface area contributed by atoms with Gasteiger partial charge in [-0.15, -0.1) is 0 Å². The Morgan fingerprint density at radius 3 is 2.58 bits per heavy atom. The summed E-state index contributed by atoms with van der Waals surface area (Å²) < 4.78 is 0. The first-order valence-corrected chi connectivity index (χ1v) is 6.26. The van der Waals surface area contributed by atoms with E-state index in [-0.39, 0.29) is 17.1 Å². The molecule has 19 heavy (non-hydrogen) atoms. The van der Waals surface area contributed by atoms with E-state index in [1.807, 2.05) is 19.1 Å². The normalized spacial score (nSPS) is 11.9. The largest absolute Gasteiger partial charge is 0.335 e. The second-order valence-electron chi connectivity index (χ2n) is 4.21. The zero-order valence-corrected chi connectivity index (χ0v) is 11.5. The highest BCUT2D eigenvalue weighted by Gasteiger charge is 2.20. The number of rotatable bonds is 3. The van der Waals surface area contributed by atoms with Crippen LogP contribution in [0.3, 0.4) is 0 Å². The summed E-state index contributed by atoms with van der Waals surface area (Å²) in [5.41, 5.74) is 1.43. The Bertz CT molecular complexity index is 574. The number of hydrogen-bond donors (Lipinski definition) is 0. The zero-order chi connectivity index (χ0) is 13.8. The number of carbonyl (C=O) groups is 1. The minimum Gasteiger partial charge on any atom is -0.335 e. The van der Waals surface area contributed by atoms with Crippen molar-refractivity contribution in [2.75, 3.05) is 7.05 Å². The number of pyridine rings is 2. The van der Waals surface area contributed by atoms with Crippen molar-refractivity contribution in [3.8, 4) is 0 Å². The molecule has 0 saturated heterocycles. The lowest BCUT2D eigenvalue weighted by molar-refractivity contribution is 0.0742. The number of hydrogen-bond acceptors (Lipinski definition) is 3. The van der Waals surface area contributed by atoms with Gasteiger partial charge in [0.2, 0.25) is 0 Å². The molecule has 2 rings (SSSR count). The maximum Gasteiger partial charge on any atom is 0.257 e. The van der Waals surface area contributed by atoms with Crippen LogP contribution in [-0.4, -0.2) is 27.8 Å². The molecule has 0 aliphatic carbocycles. The fourth-order valence-corrected chi connectivity index (χ4v) is 1.98. The van der Waals surface area contributed by atoms with Gasteiger partial charge in [-0.1, -0.05) is 11.6 Å². The third-order valence-corrected chi connectivity index (χ3v) is 3.38. The Labute approximate surface area is 117 Å². The molecule has 0 spiro atoms. The first-order chi connectivity index (χ1) is 9.11. The Kier molecular flexibility index (Phi) is 4.12. The van der Waals surface area contributed by atoms with E-state index in [1.54, 1.807) is 42.7 Å². The average Bonchev–Trinajstić information content (AvgIpc) is 2.46. The molecule has 0 radical (unpaired) electrons. The van der Waals surface area contributed by atoms with Crippen LogP contribution >= 0.6 is 11.6 Å². The molecule has 0 aromatic carbocycles. The quantitative estimate of drug-likeness (QED) is 0.809. The van der Waals surface area contributed by atoms with Gasteiger partial charge in [0.25, 0.3) is 5.91 Å². The van der Waals surface area contributed by atoms with Crippen LogP contribution in [0.1, 0.15) is 28.9 Å². The standard InChI is InChI=1S/C14H14ClN3O/c1-10(11-5-8-16-9-6-11)18(2)14(19)12-4-3-7-17-13(12)15/h3-10H,1-2H3. The average molecular weight is 276 g/mol. The van der Waals surface area contributed by atoms with Gasteiger partial charge in [0.05, 0.1) is 11.6 Å². The van der Waals surface area contributed by atoms with Crippen molar-refractivity contribution in [3.05, 3.63) is 59.1 Å². The van der Waals surface area contributed by atoms with Gasteiger partial charge in [-0.05, 0) is 36.8 Å². The first-order valence-electron chi connectivity index (χ1n) is 5.89. The van der Waals surface area contributed by atoms with Gasteiger partial charge in [-0.2, -0.15) is 0 Å². The third-order valence-electron chi connectivity index (χ3n) is 3.08. The highest BCUT2D eigenvalue weighted by molar-refractivity contribution is 6.32. The van der Waals surface area contributed by atoms with Gasteiger partial charge in [0, 0.05) is 25.6 Å². The van der Waals surface area contributed by atoms with E-state index in [9.17, 15) is 4.79 Å². The molecule has 2 aromatic rings. The zero-order valence-electron chi connectivity index (χ0n) is 10.7. The van der Waals surface area contributed by atoms with Crippen molar-refractivity contribution in [1.82, 2.24) is 14.9 Å². The lowest BCUT2D eigenvalue weighted by Gasteiger charge is -2.25. The Morgan fingerprint density at radius 2 is 1.95 bits per heavy atom. The molecule has 98 valence electrons. The van der Waals surface area contributed by atoms with Crippen LogP contribution in [0.5, 0.6) is 0 Å². The summed E-state index contributed by atoms with van der Waals surface area (Å²) in [6.07, 6.45) is 4.98. The van der Waals surface area contributed by atoms with E-state index in [1.165, 1.54) is 0 Å². The summed E-state index contributed by atoms with van der Waals surface area (Å²) in [6, 6.07) is 7.09. The van der Waals surface area contributed by atoms with Crippen molar-refractivity contribution < 1.29 is 4.79 Å². The van der Waals surface area contributed by atoms with Crippen molar-refractivity contribution in [2.45, 2.75) is 13.0 Å². The van der Waals surface area contributed by atoms with E-state index in [0.717, 1.165) is 5.56 Å². The maximum atomic E-state index is 12.4. The van der Waals surface area contributed by atoms with Crippen LogP contribution in [-0.2, 0) is 0 Å². The topological polar surface area (TPSA) is 46.1 Å². The molecule has 0 aliphatic rings. The summed E-state index contributed by atoms with van der Waals surface area (Å²) in [5.74, 6) is -0.151. The van der Waals surface area contributed by atoms with Crippen LogP contribution in [0.15, 0.2) is 42.9 Å². The molecule has 1 unspecified atom stereocenters. The van der Waals surface area contributed by atoms with Crippen molar-refractivity contribution in [2.24, 2.45) is 0 Å². The second-order valence-corrected chi connectivity index (χ2v) is 4.57. The summed E-state index contributed by atoms with van der Waals surface area (Å²) in [4.78, 5) is 21.9. The summed E-state index contributed by atoms with van der Waals surface area (Å²) in [5, 5.41) is 0.223. The number of halogens is 1. The van der Waals surface area contributed by atoms with Gasteiger partial charge in [0.1, 0.15) is 5.15 Å². The van der Waals surface area contributed by atoms with E-state index < -0.39 is 0 Å². The molecular weight excluding hydrogens is 262 g/mol. The van der Waals surface area contributed by atoms with Gasteiger partial charge in [-0.3, -0.25) is 9.78 Å². The molecule has 2 heterocycles. The highest BCUT2D eigenvalue weighted by Crippen LogP contribution is 2.22. The van der Waals surface area contributed by atoms with Crippen LogP contribution in [0.25, 0.3) is 0 Å². The predicted octanol–water partition coefficient (Wildman–Crippen LogP) is 2.96. The molecule has 0 saturated carbocycles. The van der Waals surface area contributed by atoms with Crippen molar-refractivity contribution in [1.29, 1.82) is 0 Å². The van der Waals surface area contributed by atoms with Gasteiger partial charge in [0.15, 0.2) is 0 Å². The molecular formula is C14H14ClN3O. The first kappa shape index (κ1) is 13.5. The van der Waals surface area contributed by atoms with E-state index >= 15 is 0 Å². The fraction of sp³-hybridized carbons (Fsp3) is 0.214. The highest BCUT2D eigenvalue weighted by atomic mass is 35.5. The Hall–Kier alpha value is -1.94. The van der Waals surface area contributed by atoms with Crippen LogP contribution in [0.4, 0.5) is 0 Å². The van der Waals surface area contributed by atoms with Gasteiger partial charge >= 0.3 is 0 Å². The van der Waals surface area contributed by atoms with Crippen LogP contribution in [0, 0.1) is 0 Å². The number of amides is 1. The minimum atomic E-state index is -0.151. The third kappa shape index (κ3) is 2.90. The maximum absolute atomic E-state index is 12.4. The molecule has 4 nitrogen and oxygen atoms in total. The van der Waals surface area contributed by atoms with Gasteiger partial charge in [-0.25, -0.2) is 4.98 Å². The monoisotopic (exact) mass is 275 g/mol. The molecule has 5 heteroatoms. The van der Waals surface area contributed by atoms with Crippen LogP contribution < -0.4 is 0 Å². The van der Waals surface area contributed by atoms with E-state index in [2.05, 4.69) is 9.97 Å². The molecule has 2 aromatic heterocycles. The molecule has 0 aliphatic heterocycles.